The Bertz CT molecular complexity index is 813. The van der Waals surface area contributed by atoms with Gasteiger partial charge in [0.1, 0.15) is 5.75 Å². The third-order valence-electron chi connectivity index (χ3n) is 3.49. The Hall–Kier alpha value is -1.46. The molecular formula is C16H15BrN2OS. The molecule has 0 unspecified atom stereocenters. The highest BCUT2D eigenvalue weighted by atomic mass is 79.9. The molecule has 5 heteroatoms. The lowest BCUT2D eigenvalue weighted by Gasteiger charge is -2.08. The number of phenols is 1. The molecule has 0 bridgehead atoms. The van der Waals surface area contributed by atoms with Crippen molar-refractivity contribution < 1.29 is 5.11 Å². The molecule has 2 aromatic carbocycles. The molecule has 1 aromatic heterocycles. The summed E-state index contributed by atoms with van der Waals surface area (Å²) in [6.45, 7) is 1.99. The molecule has 3 aromatic rings. The Morgan fingerprint density at radius 3 is 2.57 bits per heavy atom. The fourth-order valence-electron chi connectivity index (χ4n) is 2.36. The first-order valence-electron chi connectivity index (χ1n) is 6.59. The zero-order valence-corrected chi connectivity index (χ0v) is 14.2. The molecule has 0 saturated heterocycles. The van der Waals surface area contributed by atoms with Gasteiger partial charge in [0, 0.05) is 23.1 Å². The quantitative estimate of drug-likeness (QED) is 0.689. The number of phenolic OH excluding ortho intramolecular Hbond substituents is 1. The number of aryl methyl sites for hydroxylation is 2. The van der Waals surface area contributed by atoms with Crippen molar-refractivity contribution in [1.82, 2.24) is 9.78 Å². The number of benzene rings is 2. The van der Waals surface area contributed by atoms with Gasteiger partial charge in [-0.25, -0.2) is 0 Å². The first-order chi connectivity index (χ1) is 10.1. The van der Waals surface area contributed by atoms with Gasteiger partial charge in [0.15, 0.2) is 0 Å². The average molecular weight is 363 g/mol. The van der Waals surface area contributed by atoms with E-state index >= 15 is 0 Å². The zero-order valence-electron chi connectivity index (χ0n) is 11.8. The Morgan fingerprint density at radius 2 is 1.90 bits per heavy atom. The summed E-state index contributed by atoms with van der Waals surface area (Å²) in [5.41, 5.74) is 2.17. The van der Waals surface area contributed by atoms with Crippen molar-refractivity contribution in [2.45, 2.75) is 17.6 Å². The van der Waals surface area contributed by atoms with Crippen molar-refractivity contribution in [2.75, 3.05) is 0 Å². The van der Waals surface area contributed by atoms with Crippen LogP contribution in [0.15, 0.2) is 45.8 Å². The normalized spacial score (nSPS) is 11.2. The summed E-state index contributed by atoms with van der Waals surface area (Å²) in [4.78, 5) is 1.16. The first-order valence-corrected chi connectivity index (χ1v) is 8.37. The highest BCUT2D eigenvalue weighted by Gasteiger charge is 2.12. The number of fused-ring (bicyclic) bond motifs is 1. The minimum absolute atomic E-state index is 0.326. The summed E-state index contributed by atoms with van der Waals surface area (Å²) in [6, 6.07) is 11.7. The topological polar surface area (TPSA) is 38.0 Å². The maximum absolute atomic E-state index is 9.94. The van der Waals surface area contributed by atoms with E-state index in [1.54, 1.807) is 17.8 Å². The molecule has 0 aliphatic carbocycles. The van der Waals surface area contributed by atoms with Gasteiger partial charge in [0.05, 0.1) is 15.9 Å². The Kier molecular flexibility index (Phi) is 3.95. The van der Waals surface area contributed by atoms with E-state index in [2.05, 4.69) is 21.0 Å². The van der Waals surface area contributed by atoms with Gasteiger partial charge in [0.2, 0.25) is 0 Å². The van der Waals surface area contributed by atoms with Gasteiger partial charge in [-0.3, -0.25) is 4.68 Å². The molecule has 21 heavy (non-hydrogen) atoms. The number of halogens is 1. The fraction of sp³-hybridized carbons (Fsp3) is 0.188. The van der Waals surface area contributed by atoms with Crippen molar-refractivity contribution >= 4 is 38.5 Å². The third kappa shape index (κ3) is 2.68. The van der Waals surface area contributed by atoms with E-state index in [4.69, 9.17) is 0 Å². The fourth-order valence-corrected chi connectivity index (χ4v) is 4.15. The number of hydrogen-bond donors (Lipinski definition) is 1. The minimum Gasteiger partial charge on any atom is -0.507 e. The molecule has 108 valence electrons. The second-order valence-corrected chi connectivity index (χ2v) is 6.70. The maximum atomic E-state index is 9.94. The predicted molar refractivity (Wildman–Crippen MR) is 90.8 cm³/mol. The molecule has 0 radical (unpaired) electrons. The van der Waals surface area contributed by atoms with E-state index in [-0.39, 0.29) is 0 Å². The van der Waals surface area contributed by atoms with Crippen molar-refractivity contribution in [1.29, 1.82) is 0 Å². The molecular weight excluding hydrogens is 348 g/mol. The number of aromatic nitrogens is 2. The van der Waals surface area contributed by atoms with Crippen LogP contribution < -0.4 is 0 Å². The molecule has 1 N–H and O–H groups in total. The summed E-state index contributed by atoms with van der Waals surface area (Å²) in [7, 11) is 1.96. The van der Waals surface area contributed by atoms with Gasteiger partial charge >= 0.3 is 0 Å². The summed E-state index contributed by atoms with van der Waals surface area (Å²) in [6.07, 6.45) is 0. The lowest BCUT2D eigenvalue weighted by atomic mass is 10.1. The standard InChI is InChI=1S/C16H15BrN2OS/c1-10-16(17)13(19(2)18-10)9-21-15-8-7-14(20)11-5-3-4-6-12(11)15/h3-8,20H,9H2,1-2H3. The number of rotatable bonds is 3. The Balaban J connectivity index is 1.94. The van der Waals surface area contributed by atoms with Crippen LogP contribution in [0, 0.1) is 6.92 Å². The van der Waals surface area contributed by atoms with Crippen LogP contribution >= 0.6 is 27.7 Å². The van der Waals surface area contributed by atoms with Crippen molar-refractivity contribution in [3.05, 3.63) is 52.3 Å². The number of hydrogen-bond acceptors (Lipinski definition) is 3. The van der Waals surface area contributed by atoms with Crippen molar-refractivity contribution in [2.24, 2.45) is 7.05 Å². The van der Waals surface area contributed by atoms with Gasteiger partial charge in [0.25, 0.3) is 0 Å². The van der Waals surface area contributed by atoms with Crippen molar-refractivity contribution in [3.8, 4) is 5.75 Å². The number of aromatic hydroxyl groups is 1. The SMILES string of the molecule is Cc1nn(C)c(CSc2ccc(O)c3ccccc23)c1Br. The van der Waals surface area contributed by atoms with E-state index in [1.807, 2.05) is 49.0 Å². The van der Waals surface area contributed by atoms with Gasteiger partial charge in [-0.05, 0) is 40.4 Å². The highest BCUT2D eigenvalue weighted by Crippen LogP contribution is 2.36. The summed E-state index contributed by atoms with van der Waals surface area (Å²) in [5, 5.41) is 16.3. The molecule has 1 heterocycles. The van der Waals surface area contributed by atoms with Crippen LogP contribution in [0.4, 0.5) is 0 Å². The van der Waals surface area contributed by atoms with Gasteiger partial charge in [-0.2, -0.15) is 5.10 Å². The predicted octanol–water partition coefficient (Wildman–Crippen LogP) is 4.64. The molecule has 3 rings (SSSR count). The smallest absolute Gasteiger partial charge is 0.123 e. The van der Waals surface area contributed by atoms with Gasteiger partial charge in [-0.15, -0.1) is 11.8 Å². The minimum atomic E-state index is 0.326. The lowest BCUT2D eigenvalue weighted by molar-refractivity contribution is 0.481. The van der Waals surface area contributed by atoms with E-state index in [9.17, 15) is 5.11 Å². The lowest BCUT2D eigenvalue weighted by Crippen LogP contribution is -1.96. The monoisotopic (exact) mass is 362 g/mol. The largest absolute Gasteiger partial charge is 0.507 e. The maximum Gasteiger partial charge on any atom is 0.123 e. The second kappa shape index (κ2) is 5.73. The Labute approximate surface area is 136 Å². The second-order valence-electron chi connectivity index (χ2n) is 4.89. The van der Waals surface area contributed by atoms with E-state index in [1.165, 1.54) is 0 Å². The molecule has 0 amide bonds. The highest BCUT2D eigenvalue weighted by molar-refractivity contribution is 9.10. The molecule has 0 aliphatic heterocycles. The van der Waals surface area contributed by atoms with Gasteiger partial charge < -0.3 is 5.11 Å². The van der Waals surface area contributed by atoms with Crippen LogP contribution in [0.25, 0.3) is 10.8 Å². The molecule has 0 atom stereocenters. The van der Waals surface area contributed by atoms with Crippen LogP contribution in [0.3, 0.4) is 0 Å². The van der Waals surface area contributed by atoms with Crippen LogP contribution in [-0.2, 0) is 12.8 Å². The zero-order chi connectivity index (χ0) is 15.0. The Morgan fingerprint density at radius 1 is 1.19 bits per heavy atom. The molecule has 0 aliphatic rings. The number of thioether (sulfide) groups is 1. The molecule has 0 spiro atoms. The summed E-state index contributed by atoms with van der Waals surface area (Å²) >= 11 is 5.35. The first kappa shape index (κ1) is 14.5. The van der Waals surface area contributed by atoms with E-state index < -0.39 is 0 Å². The number of nitrogens with zero attached hydrogens (tertiary/aromatic N) is 2. The average Bonchev–Trinajstić information content (AvgIpc) is 2.72. The van der Waals surface area contributed by atoms with Crippen LogP contribution in [-0.4, -0.2) is 14.9 Å². The van der Waals surface area contributed by atoms with Crippen molar-refractivity contribution in [3.63, 3.8) is 0 Å². The molecule has 0 saturated carbocycles. The van der Waals surface area contributed by atoms with E-state index in [0.29, 0.717) is 5.75 Å². The van der Waals surface area contributed by atoms with Crippen LogP contribution in [0.5, 0.6) is 5.75 Å². The summed E-state index contributed by atoms with van der Waals surface area (Å²) in [5.74, 6) is 1.15. The van der Waals surface area contributed by atoms with E-state index in [0.717, 1.165) is 37.3 Å². The molecule has 0 fully saturated rings. The van der Waals surface area contributed by atoms with Gasteiger partial charge in [-0.1, -0.05) is 24.3 Å². The van der Waals surface area contributed by atoms with Crippen LogP contribution in [0.2, 0.25) is 0 Å². The van der Waals surface area contributed by atoms with Crippen LogP contribution in [0.1, 0.15) is 11.4 Å². The molecule has 3 nitrogen and oxygen atoms in total. The third-order valence-corrected chi connectivity index (χ3v) is 5.60. The summed E-state index contributed by atoms with van der Waals surface area (Å²) < 4.78 is 2.98.